The lowest BCUT2D eigenvalue weighted by Gasteiger charge is -2.15. The number of rotatable bonds is 5. The van der Waals surface area contributed by atoms with Crippen LogP contribution < -0.4 is 10.1 Å². The van der Waals surface area contributed by atoms with Crippen molar-refractivity contribution in [3.63, 3.8) is 0 Å². The second kappa shape index (κ2) is 5.76. The molecule has 84 valence electrons. The van der Waals surface area contributed by atoms with E-state index < -0.39 is 0 Å². The molecule has 1 rings (SSSR count). The van der Waals surface area contributed by atoms with Crippen molar-refractivity contribution in [3.8, 4) is 5.75 Å². The van der Waals surface area contributed by atoms with Gasteiger partial charge in [0, 0.05) is 6.04 Å². The molecular weight excluding hydrogens is 186 g/mol. The molecule has 0 aliphatic carbocycles. The van der Waals surface area contributed by atoms with Gasteiger partial charge in [-0.3, -0.25) is 0 Å². The van der Waals surface area contributed by atoms with Crippen molar-refractivity contribution in [3.05, 3.63) is 29.8 Å². The fourth-order valence-corrected chi connectivity index (χ4v) is 1.55. The maximum atomic E-state index is 5.66. The van der Waals surface area contributed by atoms with Crippen molar-refractivity contribution in [2.24, 2.45) is 0 Å². The van der Waals surface area contributed by atoms with Gasteiger partial charge >= 0.3 is 0 Å². The summed E-state index contributed by atoms with van der Waals surface area (Å²) in [7, 11) is 0. The van der Waals surface area contributed by atoms with E-state index in [-0.39, 0.29) is 6.10 Å². The van der Waals surface area contributed by atoms with E-state index in [1.165, 1.54) is 5.56 Å². The minimum Gasteiger partial charge on any atom is -0.491 e. The van der Waals surface area contributed by atoms with Crippen molar-refractivity contribution >= 4 is 0 Å². The first-order valence-corrected chi connectivity index (χ1v) is 5.63. The summed E-state index contributed by atoms with van der Waals surface area (Å²) in [6, 6.07) is 8.65. The molecule has 0 heterocycles. The Morgan fingerprint density at radius 1 is 1.27 bits per heavy atom. The highest BCUT2D eigenvalue weighted by molar-refractivity contribution is 5.30. The zero-order chi connectivity index (χ0) is 11.3. The number of hydrogen-bond acceptors (Lipinski definition) is 2. The average molecular weight is 207 g/mol. The van der Waals surface area contributed by atoms with Crippen LogP contribution in [0, 0.1) is 0 Å². The highest BCUT2D eigenvalue weighted by atomic mass is 16.5. The van der Waals surface area contributed by atoms with Crippen molar-refractivity contribution in [2.45, 2.75) is 39.8 Å². The van der Waals surface area contributed by atoms with Gasteiger partial charge in [-0.1, -0.05) is 19.1 Å². The van der Waals surface area contributed by atoms with E-state index in [0.29, 0.717) is 6.04 Å². The lowest BCUT2D eigenvalue weighted by Crippen LogP contribution is -2.17. The summed E-state index contributed by atoms with van der Waals surface area (Å²) in [5, 5.41) is 3.39. The molecule has 0 aromatic heterocycles. The van der Waals surface area contributed by atoms with Gasteiger partial charge < -0.3 is 10.1 Å². The average Bonchev–Trinajstić information content (AvgIpc) is 2.17. The van der Waals surface area contributed by atoms with Gasteiger partial charge in [-0.25, -0.2) is 0 Å². The van der Waals surface area contributed by atoms with E-state index in [1.54, 1.807) is 0 Å². The zero-order valence-corrected chi connectivity index (χ0v) is 10.1. The Kier molecular flexibility index (Phi) is 4.63. The molecule has 0 bridgehead atoms. The van der Waals surface area contributed by atoms with Gasteiger partial charge in [0.25, 0.3) is 0 Å². The molecule has 0 saturated carbocycles. The summed E-state index contributed by atoms with van der Waals surface area (Å²) in [6.07, 6.45) is 0.231. The van der Waals surface area contributed by atoms with Gasteiger partial charge in [0.1, 0.15) is 5.75 Å². The van der Waals surface area contributed by atoms with Crippen LogP contribution in [0.5, 0.6) is 5.75 Å². The quantitative estimate of drug-likeness (QED) is 0.801. The molecule has 1 N–H and O–H groups in total. The number of ether oxygens (including phenoxy) is 1. The minimum absolute atomic E-state index is 0.231. The molecule has 0 saturated heterocycles. The van der Waals surface area contributed by atoms with Crippen LogP contribution in [0.15, 0.2) is 24.3 Å². The second-order valence-electron chi connectivity index (χ2n) is 4.02. The standard InChI is InChI=1S/C13H21NO/c1-5-14-11(4)12-7-6-8-13(9-12)15-10(2)3/h6-11,14H,5H2,1-4H3/t11-/m0/s1. The first-order chi connectivity index (χ1) is 7.13. The van der Waals surface area contributed by atoms with E-state index in [0.717, 1.165) is 12.3 Å². The Balaban J connectivity index is 2.73. The molecule has 0 spiro atoms. The number of hydrogen-bond donors (Lipinski definition) is 1. The molecule has 0 aliphatic heterocycles. The lowest BCUT2D eigenvalue weighted by atomic mass is 10.1. The second-order valence-corrected chi connectivity index (χ2v) is 4.02. The van der Waals surface area contributed by atoms with E-state index in [1.807, 2.05) is 26.0 Å². The summed E-state index contributed by atoms with van der Waals surface area (Å²) >= 11 is 0. The van der Waals surface area contributed by atoms with Crippen LogP contribution in [0.4, 0.5) is 0 Å². The molecule has 1 aromatic rings. The van der Waals surface area contributed by atoms with Crippen LogP contribution in [0.1, 0.15) is 39.3 Å². The van der Waals surface area contributed by atoms with Crippen LogP contribution in [0.3, 0.4) is 0 Å². The summed E-state index contributed by atoms with van der Waals surface area (Å²) in [5.41, 5.74) is 1.27. The fraction of sp³-hybridized carbons (Fsp3) is 0.538. The monoisotopic (exact) mass is 207 g/mol. The predicted octanol–water partition coefficient (Wildman–Crippen LogP) is 3.14. The van der Waals surface area contributed by atoms with E-state index >= 15 is 0 Å². The summed E-state index contributed by atoms with van der Waals surface area (Å²) in [4.78, 5) is 0. The largest absolute Gasteiger partial charge is 0.491 e. The number of benzene rings is 1. The summed E-state index contributed by atoms with van der Waals surface area (Å²) < 4.78 is 5.66. The summed E-state index contributed by atoms with van der Waals surface area (Å²) in [6.45, 7) is 9.35. The Bertz CT molecular complexity index is 296. The van der Waals surface area contributed by atoms with Crippen molar-refractivity contribution < 1.29 is 4.74 Å². The lowest BCUT2D eigenvalue weighted by molar-refractivity contribution is 0.242. The first kappa shape index (κ1) is 12.1. The molecule has 0 amide bonds. The number of nitrogens with one attached hydrogen (secondary N) is 1. The predicted molar refractivity (Wildman–Crippen MR) is 64.3 cm³/mol. The molecule has 1 atom stereocenters. The van der Waals surface area contributed by atoms with Crippen molar-refractivity contribution in [2.75, 3.05) is 6.54 Å². The molecule has 0 radical (unpaired) electrons. The minimum atomic E-state index is 0.231. The Morgan fingerprint density at radius 2 is 2.00 bits per heavy atom. The smallest absolute Gasteiger partial charge is 0.120 e. The van der Waals surface area contributed by atoms with Crippen LogP contribution in [0.25, 0.3) is 0 Å². The van der Waals surface area contributed by atoms with Gasteiger partial charge in [-0.15, -0.1) is 0 Å². The molecular formula is C13H21NO. The Hall–Kier alpha value is -1.02. The highest BCUT2D eigenvalue weighted by Crippen LogP contribution is 2.19. The zero-order valence-electron chi connectivity index (χ0n) is 10.1. The third-order valence-corrected chi connectivity index (χ3v) is 2.24. The third kappa shape index (κ3) is 3.92. The third-order valence-electron chi connectivity index (χ3n) is 2.24. The van der Waals surface area contributed by atoms with E-state index in [9.17, 15) is 0 Å². The maximum absolute atomic E-state index is 5.66. The van der Waals surface area contributed by atoms with E-state index in [4.69, 9.17) is 4.74 Å². The molecule has 1 aromatic carbocycles. The van der Waals surface area contributed by atoms with Gasteiger partial charge in [0.15, 0.2) is 0 Å². The van der Waals surface area contributed by atoms with Crippen LogP contribution >= 0.6 is 0 Å². The van der Waals surface area contributed by atoms with Gasteiger partial charge in [-0.2, -0.15) is 0 Å². The molecule has 15 heavy (non-hydrogen) atoms. The van der Waals surface area contributed by atoms with Gasteiger partial charge in [0.2, 0.25) is 0 Å². The molecule has 0 aliphatic rings. The maximum Gasteiger partial charge on any atom is 0.120 e. The van der Waals surface area contributed by atoms with Crippen LogP contribution in [-0.4, -0.2) is 12.6 Å². The summed E-state index contributed by atoms with van der Waals surface area (Å²) in [5.74, 6) is 0.951. The molecule has 0 fully saturated rings. The van der Waals surface area contributed by atoms with Gasteiger partial charge in [-0.05, 0) is 45.0 Å². The van der Waals surface area contributed by atoms with Crippen molar-refractivity contribution in [1.29, 1.82) is 0 Å². The SMILES string of the molecule is CCN[C@@H](C)c1cccc(OC(C)C)c1. The fourth-order valence-electron chi connectivity index (χ4n) is 1.55. The molecule has 0 unspecified atom stereocenters. The van der Waals surface area contributed by atoms with Crippen LogP contribution in [-0.2, 0) is 0 Å². The van der Waals surface area contributed by atoms with Gasteiger partial charge in [0.05, 0.1) is 6.10 Å². The van der Waals surface area contributed by atoms with E-state index in [2.05, 4.69) is 31.3 Å². The Morgan fingerprint density at radius 3 is 2.60 bits per heavy atom. The molecule has 2 heteroatoms. The van der Waals surface area contributed by atoms with Crippen molar-refractivity contribution in [1.82, 2.24) is 5.32 Å². The topological polar surface area (TPSA) is 21.3 Å². The Labute approximate surface area is 92.6 Å². The first-order valence-electron chi connectivity index (χ1n) is 5.63. The van der Waals surface area contributed by atoms with Crippen LogP contribution in [0.2, 0.25) is 0 Å². The molecule has 2 nitrogen and oxygen atoms in total. The normalized spacial score (nSPS) is 12.9. The highest BCUT2D eigenvalue weighted by Gasteiger charge is 2.05.